The molecule has 0 aliphatic carbocycles. The number of aromatic hydroxyl groups is 1. The molecule has 1 N–H and O–H groups in total. The van der Waals surface area contributed by atoms with E-state index in [4.69, 9.17) is 9.47 Å². The van der Waals surface area contributed by atoms with Crippen LogP contribution in [0.5, 0.6) is 5.75 Å². The van der Waals surface area contributed by atoms with E-state index in [1.54, 1.807) is 27.8 Å². The third-order valence-electron chi connectivity index (χ3n) is 6.05. The average molecular weight is 561 g/mol. The molecule has 0 saturated carbocycles. The predicted octanol–water partition coefficient (Wildman–Crippen LogP) is 4.68. The van der Waals surface area contributed by atoms with Gasteiger partial charge in [-0.1, -0.05) is 37.3 Å². The number of rotatable bonds is 10. The molecule has 2 aromatic heterocycles. The molecular weight excluding hydrogens is 523 g/mol. The number of fused-ring (bicyclic) bond motifs is 1. The van der Waals surface area contributed by atoms with Crippen LogP contribution in [0.1, 0.15) is 68.6 Å². The summed E-state index contributed by atoms with van der Waals surface area (Å²) in [5, 5.41) is 20.2. The molecule has 3 heterocycles. The Bertz CT molecular complexity index is 1310. The number of benzene rings is 1. The molecule has 1 atom stereocenters. The van der Waals surface area contributed by atoms with Crippen LogP contribution in [0.3, 0.4) is 0 Å². The summed E-state index contributed by atoms with van der Waals surface area (Å²) in [6, 6.07) is 5.63. The van der Waals surface area contributed by atoms with E-state index in [2.05, 4.69) is 10.2 Å². The van der Waals surface area contributed by atoms with E-state index in [1.807, 2.05) is 41.5 Å². The summed E-state index contributed by atoms with van der Waals surface area (Å²) < 4.78 is 26.2. The van der Waals surface area contributed by atoms with Crippen molar-refractivity contribution in [1.29, 1.82) is 0 Å². The second-order valence-electron chi connectivity index (χ2n) is 9.48. The number of amides is 1. The first kappa shape index (κ1) is 30.4. The fourth-order valence-corrected chi connectivity index (χ4v) is 5.04. The second kappa shape index (κ2) is 13.8. The number of hydrogen-bond donors (Lipinski definition) is 1. The molecule has 212 valence electrons. The van der Waals surface area contributed by atoms with E-state index in [1.165, 1.54) is 23.5 Å². The van der Waals surface area contributed by atoms with Crippen LogP contribution in [0.25, 0.3) is 10.6 Å². The SMILES string of the molecule is CC.CC(C)OCCOC[C@H]1CN(C(C)C)C(=O)c2c(O)c(=O)c(-c3nnc(Cc4ccc(F)cc4)s3)cn21. The Labute approximate surface area is 232 Å². The summed E-state index contributed by atoms with van der Waals surface area (Å²) in [5.41, 5.74) is 0.270. The summed E-state index contributed by atoms with van der Waals surface area (Å²) in [4.78, 5) is 28.0. The summed E-state index contributed by atoms with van der Waals surface area (Å²) in [6.07, 6.45) is 2.08. The maximum Gasteiger partial charge on any atom is 0.274 e. The highest BCUT2D eigenvalue weighted by molar-refractivity contribution is 7.14. The number of hydrogen-bond acceptors (Lipinski definition) is 8. The molecular formula is C28H37FN4O5S. The van der Waals surface area contributed by atoms with E-state index in [-0.39, 0.29) is 41.9 Å². The summed E-state index contributed by atoms with van der Waals surface area (Å²) in [5.74, 6) is -1.35. The zero-order valence-electron chi connectivity index (χ0n) is 23.3. The van der Waals surface area contributed by atoms with Gasteiger partial charge in [0, 0.05) is 25.2 Å². The molecule has 0 saturated heterocycles. The van der Waals surface area contributed by atoms with Gasteiger partial charge in [0.15, 0.2) is 16.5 Å². The topological polar surface area (TPSA) is 107 Å². The molecule has 1 amide bonds. The molecule has 0 unspecified atom stereocenters. The first-order valence-electron chi connectivity index (χ1n) is 13.2. The van der Waals surface area contributed by atoms with Gasteiger partial charge < -0.3 is 24.0 Å². The fourth-order valence-electron chi connectivity index (χ4n) is 4.16. The Morgan fingerprint density at radius 2 is 1.79 bits per heavy atom. The Hall–Kier alpha value is -3.15. The number of ether oxygens (including phenoxy) is 2. The van der Waals surface area contributed by atoms with Crippen LogP contribution in [0.2, 0.25) is 0 Å². The average Bonchev–Trinajstić information content (AvgIpc) is 3.37. The van der Waals surface area contributed by atoms with Gasteiger partial charge >= 0.3 is 0 Å². The van der Waals surface area contributed by atoms with Gasteiger partial charge in [-0.2, -0.15) is 0 Å². The van der Waals surface area contributed by atoms with Crippen molar-refractivity contribution in [3.63, 3.8) is 0 Å². The minimum atomic E-state index is -0.681. The molecule has 1 aliphatic heterocycles. The number of halogens is 1. The largest absolute Gasteiger partial charge is 0.503 e. The van der Waals surface area contributed by atoms with Crippen LogP contribution in [-0.4, -0.2) is 69.2 Å². The normalized spacial score (nSPS) is 14.9. The Morgan fingerprint density at radius 3 is 2.44 bits per heavy atom. The number of pyridine rings is 1. The maximum atomic E-state index is 13.2. The van der Waals surface area contributed by atoms with Crippen LogP contribution in [0.15, 0.2) is 35.3 Å². The highest BCUT2D eigenvalue weighted by Crippen LogP contribution is 2.31. The molecule has 39 heavy (non-hydrogen) atoms. The Morgan fingerprint density at radius 1 is 1.10 bits per heavy atom. The number of carbonyl (C=O) groups excluding carboxylic acids is 1. The van der Waals surface area contributed by atoms with Gasteiger partial charge in [0.05, 0.1) is 37.5 Å². The quantitative estimate of drug-likeness (QED) is 0.359. The zero-order valence-corrected chi connectivity index (χ0v) is 24.1. The lowest BCUT2D eigenvalue weighted by atomic mass is 10.1. The lowest BCUT2D eigenvalue weighted by Crippen LogP contribution is -2.48. The minimum Gasteiger partial charge on any atom is -0.503 e. The molecule has 0 radical (unpaired) electrons. The number of nitrogens with zero attached hydrogens (tertiary/aromatic N) is 4. The van der Waals surface area contributed by atoms with E-state index in [9.17, 15) is 19.1 Å². The molecule has 4 rings (SSSR count). The Kier molecular flexibility index (Phi) is 10.7. The van der Waals surface area contributed by atoms with Crippen molar-refractivity contribution in [3.05, 3.63) is 62.8 Å². The van der Waals surface area contributed by atoms with Crippen molar-refractivity contribution in [3.8, 4) is 16.3 Å². The first-order valence-corrected chi connectivity index (χ1v) is 14.0. The predicted molar refractivity (Wildman–Crippen MR) is 149 cm³/mol. The summed E-state index contributed by atoms with van der Waals surface area (Å²) in [6.45, 7) is 13.1. The second-order valence-corrected chi connectivity index (χ2v) is 10.5. The minimum absolute atomic E-state index is 0.0585. The van der Waals surface area contributed by atoms with Crippen molar-refractivity contribution < 1.29 is 23.8 Å². The van der Waals surface area contributed by atoms with E-state index < -0.39 is 17.1 Å². The third-order valence-corrected chi connectivity index (χ3v) is 7.01. The monoisotopic (exact) mass is 560 g/mol. The van der Waals surface area contributed by atoms with Gasteiger partial charge in [-0.25, -0.2) is 4.39 Å². The molecule has 11 heteroatoms. The standard InChI is InChI=1S/C26H31FN4O5S.C2H6/c1-15(2)30-12-19(14-35-9-10-36-16(3)4)31-13-20(23(32)24(33)22(31)26(30)34)25-29-28-21(37-25)11-17-5-7-18(27)8-6-17;1-2/h5-8,13,15-16,19,33H,9-12,14H2,1-4H3;1-2H3/t19-;/m1./s1. The molecule has 1 aliphatic rings. The molecule has 3 aromatic rings. The Balaban J connectivity index is 0.00000205. The van der Waals surface area contributed by atoms with Crippen molar-refractivity contribution in [2.75, 3.05) is 26.4 Å². The fraction of sp³-hybridized carbons (Fsp3) is 0.500. The van der Waals surface area contributed by atoms with Crippen molar-refractivity contribution >= 4 is 17.2 Å². The van der Waals surface area contributed by atoms with Crippen LogP contribution in [0, 0.1) is 5.82 Å². The number of carbonyl (C=O) groups is 1. The lowest BCUT2D eigenvalue weighted by Gasteiger charge is -2.38. The van der Waals surface area contributed by atoms with Gasteiger partial charge in [0.2, 0.25) is 5.43 Å². The maximum absolute atomic E-state index is 13.2. The van der Waals surface area contributed by atoms with Crippen molar-refractivity contribution in [1.82, 2.24) is 19.7 Å². The van der Waals surface area contributed by atoms with Gasteiger partial charge in [0.25, 0.3) is 5.91 Å². The van der Waals surface area contributed by atoms with Gasteiger partial charge in [-0.15, -0.1) is 10.2 Å². The summed E-state index contributed by atoms with van der Waals surface area (Å²) >= 11 is 1.21. The van der Waals surface area contributed by atoms with Gasteiger partial charge in [0.1, 0.15) is 10.8 Å². The number of aromatic nitrogens is 3. The molecule has 0 bridgehead atoms. The zero-order chi connectivity index (χ0) is 28.7. The molecule has 9 nitrogen and oxygen atoms in total. The molecule has 0 spiro atoms. The van der Waals surface area contributed by atoms with E-state index in [0.717, 1.165) is 5.56 Å². The van der Waals surface area contributed by atoms with Crippen LogP contribution >= 0.6 is 11.3 Å². The lowest BCUT2D eigenvalue weighted by molar-refractivity contribution is 0.00329. The van der Waals surface area contributed by atoms with Crippen LogP contribution < -0.4 is 5.43 Å². The summed E-state index contributed by atoms with van der Waals surface area (Å²) in [7, 11) is 0. The van der Waals surface area contributed by atoms with E-state index in [0.29, 0.717) is 36.2 Å². The van der Waals surface area contributed by atoms with Gasteiger partial charge in [-0.05, 0) is 45.4 Å². The van der Waals surface area contributed by atoms with Crippen LogP contribution in [0.4, 0.5) is 4.39 Å². The van der Waals surface area contributed by atoms with E-state index >= 15 is 0 Å². The highest BCUT2D eigenvalue weighted by atomic mass is 32.1. The smallest absolute Gasteiger partial charge is 0.274 e. The molecule has 0 fully saturated rings. The first-order chi connectivity index (χ1) is 18.7. The third kappa shape index (κ3) is 7.28. The van der Waals surface area contributed by atoms with Crippen molar-refractivity contribution in [2.45, 2.75) is 66.2 Å². The highest BCUT2D eigenvalue weighted by Gasteiger charge is 2.36. The van der Waals surface area contributed by atoms with Gasteiger partial charge in [-0.3, -0.25) is 9.59 Å². The van der Waals surface area contributed by atoms with Crippen LogP contribution in [-0.2, 0) is 15.9 Å². The van der Waals surface area contributed by atoms with Crippen molar-refractivity contribution in [2.24, 2.45) is 0 Å². The molecule has 1 aromatic carbocycles.